The second-order valence-corrected chi connectivity index (χ2v) is 7.42. The van der Waals surface area contributed by atoms with E-state index in [9.17, 15) is 4.79 Å². The SMILES string of the molecule is Cc1cc(C(=O)N2[C@H]3CC[C@@H]2c2cnc(-c4ccccc4)nc2C3)nn1C. The highest BCUT2D eigenvalue weighted by atomic mass is 16.2. The van der Waals surface area contributed by atoms with Gasteiger partial charge in [-0.05, 0) is 25.8 Å². The third kappa shape index (κ3) is 2.55. The zero-order valence-corrected chi connectivity index (χ0v) is 15.5. The van der Waals surface area contributed by atoms with Crippen molar-refractivity contribution in [3.05, 3.63) is 65.2 Å². The Morgan fingerprint density at radius 1 is 1.19 bits per heavy atom. The Kier molecular flexibility index (Phi) is 3.60. The van der Waals surface area contributed by atoms with Gasteiger partial charge in [-0.3, -0.25) is 9.48 Å². The van der Waals surface area contributed by atoms with Crippen LogP contribution < -0.4 is 0 Å². The monoisotopic (exact) mass is 359 g/mol. The van der Waals surface area contributed by atoms with E-state index in [-0.39, 0.29) is 18.0 Å². The van der Waals surface area contributed by atoms with Gasteiger partial charge in [0, 0.05) is 42.5 Å². The molecular formula is C21H21N5O. The lowest BCUT2D eigenvalue weighted by Crippen LogP contribution is -2.42. The molecule has 0 spiro atoms. The van der Waals surface area contributed by atoms with Crippen molar-refractivity contribution < 1.29 is 4.79 Å². The van der Waals surface area contributed by atoms with E-state index in [0.717, 1.165) is 47.6 Å². The molecule has 136 valence electrons. The molecule has 6 nitrogen and oxygen atoms in total. The van der Waals surface area contributed by atoms with Crippen LogP contribution in [-0.2, 0) is 13.5 Å². The van der Waals surface area contributed by atoms with Crippen LogP contribution in [0.1, 0.15) is 46.3 Å². The first kappa shape index (κ1) is 16.2. The molecule has 1 fully saturated rings. The van der Waals surface area contributed by atoms with Crippen LogP contribution in [0.3, 0.4) is 0 Å². The Balaban J connectivity index is 1.50. The van der Waals surface area contributed by atoms with Gasteiger partial charge in [0.25, 0.3) is 5.91 Å². The molecule has 3 aromatic rings. The summed E-state index contributed by atoms with van der Waals surface area (Å²) in [5.41, 5.74) is 4.70. The largest absolute Gasteiger partial charge is 0.327 e. The molecular weight excluding hydrogens is 338 g/mol. The van der Waals surface area contributed by atoms with Crippen molar-refractivity contribution in [1.29, 1.82) is 0 Å². The Hall–Kier alpha value is -3.02. The van der Waals surface area contributed by atoms with Crippen LogP contribution in [0.15, 0.2) is 42.6 Å². The number of hydrogen-bond acceptors (Lipinski definition) is 4. The fourth-order valence-electron chi connectivity index (χ4n) is 4.31. The van der Waals surface area contributed by atoms with Crippen molar-refractivity contribution in [3.63, 3.8) is 0 Å². The van der Waals surface area contributed by atoms with Crippen LogP contribution in [0.4, 0.5) is 0 Å². The van der Waals surface area contributed by atoms with Crippen LogP contribution in [0.5, 0.6) is 0 Å². The molecule has 2 atom stereocenters. The molecule has 0 saturated carbocycles. The number of rotatable bonds is 2. The van der Waals surface area contributed by atoms with Gasteiger partial charge in [0.2, 0.25) is 0 Å². The number of amides is 1. The van der Waals surface area contributed by atoms with E-state index in [1.807, 2.05) is 61.5 Å². The Morgan fingerprint density at radius 2 is 2.00 bits per heavy atom. The molecule has 2 aliphatic heterocycles. The summed E-state index contributed by atoms with van der Waals surface area (Å²) in [7, 11) is 1.87. The van der Waals surface area contributed by atoms with Gasteiger partial charge in [-0.2, -0.15) is 5.10 Å². The molecule has 6 heteroatoms. The molecule has 2 aliphatic rings. The second kappa shape index (κ2) is 6.01. The number of carbonyl (C=O) groups excluding carboxylic acids is 1. The summed E-state index contributed by atoms with van der Waals surface area (Å²) in [5, 5.41) is 4.39. The topological polar surface area (TPSA) is 63.9 Å². The van der Waals surface area contributed by atoms with E-state index in [0.29, 0.717) is 5.69 Å². The molecule has 4 heterocycles. The minimum atomic E-state index is 0.0176. The van der Waals surface area contributed by atoms with Crippen molar-refractivity contribution in [3.8, 4) is 11.4 Å². The normalized spacial score (nSPS) is 20.6. The summed E-state index contributed by atoms with van der Waals surface area (Å²) in [5.74, 6) is 0.776. The predicted octanol–water partition coefficient (Wildman–Crippen LogP) is 3.09. The standard InChI is InChI=1S/C21H21N5O/c1-13-10-18(24-25(13)2)21(27)26-15-8-9-19(26)16-12-22-20(23-17(16)11-15)14-6-4-3-5-7-14/h3-7,10,12,15,19H,8-9,11H2,1-2H3/t15-,19+/m0/s1. The number of nitrogens with zero attached hydrogens (tertiary/aromatic N) is 5. The van der Waals surface area contributed by atoms with Gasteiger partial charge in [-0.1, -0.05) is 30.3 Å². The molecule has 27 heavy (non-hydrogen) atoms. The van der Waals surface area contributed by atoms with E-state index < -0.39 is 0 Å². The van der Waals surface area contributed by atoms with Gasteiger partial charge < -0.3 is 4.90 Å². The van der Waals surface area contributed by atoms with Crippen LogP contribution >= 0.6 is 0 Å². The second-order valence-electron chi connectivity index (χ2n) is 7.42. The molecule has 1 aromatic carbocycles. The lowest BCUT2D eigenvalue weighted by Gasteiger charge is -2.35. The average Bonchev–Trinajstić information content (AvgIpc) is 3.20. The Morgan fingerprint density at radius 3 is 2.74 bits per heavy atom. The molecule has 2 aromatic heterocycles. The number of aromatic nitrogens is 4. The van der Waals surface area contributed by atoms with Gasteiger partial charge >= 0.3 is 0 Å². The molecule has 1 saturated heterocycles. The summed E-state index contributed by atoms with van der Waals surface area (Å²) in [6.45, 7) is 1.96. The maximum absolute atomic E-state index is 13.1. The van der Waals surface area contributed by atoms with Crippen LogP contribution in [0, 0.1) is 6.92 Å². The van der Waals surface area contributed by atoms with E-state index in [1.54, 1.807) is 4.68 Å². The van der Waals surface area contributed by atoms with Crippen LogP contribution in [-0.4, -0.2) is 36.6 Å². The molecule has 0 unspecified atom stereocenters. The van der Waals surface area contributed by atoms with E-state index in [4.69, 9.17) is 4.98 Å². The van der Waals surface area contributed by atoms with Gasteiger partial charge in [0.1, 0.15) is 0 Å². The van der Waals surface area contributed by atoms with Gasteiger partial charge in [-0.15, -0.1) is 0 Å². The van der Waals surface area contributed by atoms with Gasteiger partial charge in [-0.25, -0.2) is 9.97 Å². The number of aryl methyl sites for hydroxylation is 2. The molecule has 1 amide bonds. The smallest absolute Gasteiger partial charge is 0.275 e. The van der Waals surface area contributed by atoms with E-state index in [2.05, 4.69) is 10.1 Å². The highest BCUT2D eigenvalue weighted by Crippen LogP contribution is 2.43. The third-order valence-corrected chi connectivity index (χ3v) is 5.79. The van der Waals surface area contributed by atoms with Crippen molar-refractivity contribution in [2.45, 2.75) is 38.3 Å². The van der Waals surface area contributed by atoms with Crippen molar-refractivity contribution >= 4 is 5.91 Å². The van der Waals surface area contributed by atoms with Crippen molar-refractivity contribution in [2.75, 3.05) is 0 Å². The van der Waals surface area contributed by atoms with Crippen LogP contribution in [0.2, 0.25) is 0 Å². The number of carbonyl (C=O) groups is 1. The summed E-state index contributed by atoms with van der Waals surface area (Å²) >= 11 is 0. The summed E-state index contributed by atoms with van der Waals surface area (Å²) in [4.78, 5) is 24.6. The highest BCUT2D eigenvalue weighted by molar-refractivity contribution is 5.93. The van der Waals surface area contributed by atoms with Crippen molar-refractivity contribution in [2.24, 2.45) is 7.05 Å². The molecule has 0 radical (unpaired) electrons. The lowest BCUT2D eigenvalue weighted by molar-refractivity contribution is 0.0637. The Bertz CT molecular complexity index is 1010. The maximum atomic E-state index is 13.1. The number of fused-ring (bicyclic) bond motifs is 4. The Labute approximate surface area is 157 Å². The fourth-order valence-corrected chi connectivity index (χ4v) is 4.31. The summed E-state index contributed by atoms with van der Waals surface area (Å²) < 4.78 is 1.75. The highest BCUT2D eigenvalue weighted by Gasteiger charge is 2.44. The van der Waals surface area contributed by atoms with Crippen LogP contribution in [0.25, 0.3) is 11.4 Å². The molecule has 5 rings (SSSR count). The number of hydrogen-bond donors (Lipinski definition) is 0. The summed E-state index contributed by atoms with van der Waals surface area (Å²) in [6.07, 6.45) is 4.66. The van der Waals surface area contributed by atoms with Gasteiger partial charge in [0.05, 0.1) is 11.7 Å². The fraction of sp³-hybridized carbons (Fsp3) is 0.333. The van der Waals surface area contributed by atoms with E-state index in [1.165, 1.54) is 0 Å². The minimum Gasteiger partial charge on any atom is -0.327 e. The quantitative estimate of drug-likeness (QED) is 0.705. The first-order valence-electron chi connectivity index (χ1n) is 9.36. The molecule has 0 aliphatic carbocycles. The van der Waals surface area contributed by atoms with E-state index >= 15 is 0 Å². The third-order valence-electron chi connectivity index (χ3n) is 5.79. The first-order chi connectivity index (χ1) is 13.1. The van der Waals surface area contributed by atoms with Gasteiger partial charge in [0.15, 0.2) is 11.5 Å². The van der Waals surface area contributed by atoms with Crippen molar-refractivity contribution in [1.82, 2.24) is 24.6 Å². The zero-order valence-electron chi connectivity index (χ0n) is 15.5. The maximum Gasteiger partial charge on any atom is 0.275 e. The molecule has 0 N–H and O–H groups in total. The zero-order chi connectivity index (χ0) is 18.5. The molecule has 2 bridgehead atoms. The predicted molar refractivity (Wildman–Crippen MR) is 101 cm³/mol. The average molecular weight is 359 g/mol. The lowest BCUT2D eigenvalue weighted by atomic mass is 9.98. The number of benzene rings is 1. The first-order valence-corrected chi connectivity index (χ1v) is 9.36. The summed E-state index contributed by atoms with van der Waals surface area (Å²) in [6, 6.07) is 12.1. The minimum absolute atomic E-state index is 0.0176.